The molecule has 2 aromatic heterocycles. The Morgan fingerprint density at radius 3 is 1.78 bits per heavy atom. The number of aromatic nitrogens is 2. The van der Waals surface area contributed by atoms with Crippen LogP contribution in [-0.2, 0) is 42.7 Å². The summed E-state index contributed by atoms with van der Waals surface area (Å²) in [5.74, 6) is 2.11. The van der Waals surface area contributed by atoms with Crippen molar-refractivity contribution in [1.29, 1.82) is 0 Å². The molecule has 5 nitrogen and oxygen atoms in total. The Balaban J connectivity index is 0.00000567. The fraction of sp³-hybridized carbons (Fsp3) is 0.385. The van der Waals surface area contributed by atoms with Crippen LogP contribution >= 0.6 is 0 Å². The van der Waals surface area contributed by atoms with Crippen molar-refractivity contribution in [2.75, 3.05) is 9.80 Å². The molecule has 1 aliphatic rings. The fourth-order valence-electron chi connectivity index (χ4n) is 7.38. The van der Waals surface area contributed by atoms with Gasteiger partial charge in [0.1, 0.15) is 5.82 Å². The Hall–Kier alpha value is -4.34. The summed E-state index contributed by atoms with van der Waals surface area (Å²) < 4.78 is 8.88. The SMILES string of the molecule is CC(C)(C)C1=CN(c2cc(C(C)(C)C)cc(C(C)(C)C)c2)[CH-]N1c1[c-]c(Oc2[c-]c3c(cc2)c2cc(C(C)(C)C)ccc2n3-c2cc(C(C)(C)C)ccn2)ccc1.[Pt]. The number of ether oxygens (including phenoxy) is 1. The summed E-state index contributed by atoms with van der Waals surface area (Å²) in [6, 6.07) is 35.7. The first kappa shape index (κ1) is 43.2. The third-order valence-corrected chi connectivity index (χ3v) is 11.1. The van der Waals surface area contributed by atoms with Crippen LogP contribution in [0, 0.1) is 24.2 Å². The Morgan fingerprint density at radius 2 is 1.17 bits per heavy atom. The second-order valence-corrected chi connectivity index (χ2v) is 21.0. The van der Waals surface area contributed by atoms with Crippen molar-refractivity contribution in [3.05, 3.63) is 138 Å². The molecule has 6 aromatic rings. The van der Waals surface area contributed by atoms with Crippen LogP contribution in [0.4, 0.5) is 11.4 Å². The molecule has 0 unspecified atom stereocenters. The van der Waals surface area contributed by atoms with Gasteiger partial charge in [0.25, 0.3) is 0 Å². The first-order valence-corrected chi connectivity index (χ1v) is 20.4. The molecule has 3 heterocycles. The van der Waals surface area contributed by atoms with E-state index < -0.39 is 0 Å². The maximum Gasteiger partial charge on any atom is 0.135 e. The van der Waals surface area contributed by atoms with E-state index in [4.69, 9.17) is 9.72 Å². The summed E-state index contributed by atoms with van der Waals surface area (Å²) in [6.07, 6.45) is 4.18. The Bertz CT molecular complexity index is 2470. The quantitative estimate of drug-likeness (QED) is 0.161. The largest absolute Gasteiger partial charge is 0.509 e. The molecule has 0 saturated carbocycles. The zero-order chi connectivity index (χ0) is 41.5. The summed E-state index contributed by atoms with van der Waals surface area (Å²) in [6.45, 7) is 36.2. The molecule has 0 amide bonds. The van der Waals surface area contributed by atoms with E-state index in [2.05, 4.69) is 204 Å². The first-order chi connectivity index (χ1) is 26.4. The maximum atomic E-state index is 6.65. The van der Waals surface area contributed by atoms with Crippen LogP contribution in [0.3, 0.4) is 0 Å². The minimum Gasteiger partial charge on any atom is -0.509 e. The van der Waals surface area contributed by atoms with Gasteiger partial charge >= 0.3 is 0 Å². The van der Waals surface area contributed by atoms with Gasteiger partial charge in [-0.2, -0.15) is 12.1 Å². The van der Waals surface area contributed by atoms with Gasteiger partial charge in [0.15, 0.2) is 0 Å². The molecule has 0 bridgehead atoms. The van der Waals surface area contributed by atoms with Crippen molar-refractivity contribution in [3.63, 3.8) is 0 Å². The zero-order valence-corrected chi connectivity index (χ0v) is 39.5. The normalized spacial score (nSPS) is 14.3. The van der Waals surface area contributed by atoms with Crippen molar-refractivity contribution in [2.45, 2.75) is 126 Å². The molecule has 1 aliphatic heterocycles. The molecule has 58 heavy (non-hydrogen) atoms. The van der Waals surface area contributed by atoms with E-state index in [0.717, 1.165) is 33.6 Å². The number of rotatable bonds is 5. The topological polar surface area (TPSA) is 33.5 Å². The number of nitrogens with zero attached hydrogens (tertiary/aromatic N) is 4. The maximum absolute atomic E-state index is 6.65. The van der Waals surface area contributed by atoms with E-state index in [1.54, 1.807) is 0 Å². The van der Waals surface area contributed by atoms with Gasteiger partial charge in [0.05, 0.1) is 0 Å². The number of benzene rings is 4. The van der Waals surface area contributed by atoms with Crippen molar-refractivity contribution in [1.82, 2.24) is 9.55 Å². The van der Waals surface area contributed by atoms with Crippen LogP contribution in [0.5, 0.6) is 11.5 Å². The average Bonchev–Trinajstić information content (AvgIpc) is 3.71. The van der Waals surface area contributed by atoms with Crippen molar-refractivity contribution in [2.24, 2.45) is 5.41 Å². The van der Waals surface area contributed by atoms with Crippen LogP contribution in [0.15, 0.2) is 97.0 Å². The molecule has 4 aromatic carbocycles. The van der Waals surface area contributed by atoms with Crippen molar-refractivity contribution < 1.29 is 25.8 Å². The van der Waals surface area contributed by atoms with E-state index in [9.17, 15) is 0 Å². The molecule has 308 valence electrons. The van der Waals surface area contributed by atoms with Crippen LogP contribution in [0.1, 0.15) is 126 Å². The van der Waals surface area contributed by atoms with Gasteiger partial charge in [-0.05, 0) is 85.8 Å². The van der Waals surface area contributed by atoms with Gasteiger partial charge in [-0.3, -0.25) is 0 Å². The van der Waals surface area contributed by atoms with Gasteiger partial charge in [0.2, 0.25) is 0 Å². The van der Waals surface area contributed by atoms with Crippen LogP contribution in [0.2, 0.25) is 0 Å². The molecule has 0 atom stereocenters. The first-order valence-electron chi connectivity index (χ1n) is 20.4. The molecule has 0 saturated heterocycles. The summed E-state index contributed by atoms with van der Waals surface area (Å²) >= 11 is 0. The number of allylic oxidation sites excluding steroid dienone is 1. The second kappa shape index (κ2) is 15.0. The van der Waals surface area contributed by atoms with E-state index in [1.807, 2.05) is 24.4 Å². The summed E-state index contributed by atoms with van der Waals surface area (Å²) in [4.78, 5) is 9.42. The molecule has 0 fully saturated rings. The van der Waals surface area contributed by atoms with Crippen LogP contribution < -0.4 is 14.5 Å². The second-order valence-electron chi connectivity index (χ2n) is 21.0. The van der Waals surface area contributed by atoms with Gasteiger partial charge in [-0.25, -0.2) is 4.98 Å². The third kappa shape index (κ3) is 8.67. The molecule has 7 rings (SSSR count). The van der Waals surface area contributed by atoms with Crippen molar-refractivity contribution >= 4 is 33.2 Å². The molecule has 6 heteroatoms. The van der Waals surface area contributed by atoms with E-state index in [0.29, 0.717) is 11.5 Å². The summed E-state index contributed by atoms with van der Waals surface area (Å²) in [7, 11) is 0. The van der Waals surface area contributed by atoms with E-state index in [1.165, 1.54) is 33.3 Å². The van der Waals surface area contributed by atoms with Gasteiger partial charge in [-0.15, -0.1) is 48.1 Å². The molecular formula is C52H61N4OPt-3. The predicted molar refractivity (Wildman–Crippen MR) is 241 cm³/mol. The Kier molecular flexibility index (Phi) is 11.2. The van der Waals surface area contributed by atoms with Crippen LogP contribution in [-0.4, -0.2) is 9.55 Å². The van der Waals surface area contributed by atoms with Crippen LogP contribution in [0.25, 0.3) is 27.6 Å². The Labute approximate surface area is 362 Å². The number of fused-ring (bicyclic) bond motifs is 3. The number of hydrogen-bond donors (Lipinski definition) is 0. The van der Waals surface area contributed by atoms with Gasteiger partial charge in [-0.1, -0.05) is 128 Å². The van der Waals surface area contributed by atoms with Gasteiger partial charge < -0.3 is 19.1 Å². The smallest absolute Gasteiger partial charge is 0.135 e. The monoisotopic (exact) mass is 952 g/mol. The minimum atomic E-state index is -0.137. The van der Waals surface area contributed by atoms with E-state index >= 15 is 0 Å². The molecule has 0 aliphatic carbocycles. The molecule has 0 radical (unpaired) electrons. The summed E-state index contributed by atoms with van der Waals surface area (Å²) in [5, 5.41) is 2.29. The molecule has 0 N–H and O–H groups in total. The molecule has 0 spiro atoms. The number of anilines is 2. The minimum absolute atomic E-state index is 0. The molecular weight excluding hydrogens is 892 g/mol. The average molecular weight is 953 g/mol. The van der Waals surface area contributed by atoms with Crippen molar-refractivity contribution in [3.8, 4) is 17.3 Å². The fourth-order valence-corrected chi connectivity index (χ4v) is 7.38. The summed E-state index contributed by atoms with van der Waals surface area (Å²) in [5.41, 5.74) is 10.3. The third-order valence-electron chi connectivity index (χ3n) is 11.1. The Morgan fingerprint density at radius 1 is 0.569 bits per heavy atom. The predicted octanol–water partition coefficient (Wildman–Crippen LogP) is 14.1. The number of pyridine rings is 1. The van der Waals surface area contributed by atoms with Gasteiger partial charge in [0, 0.05) is 61.1 Å². The number of hydrogen-bond acceptors (Lipinski definition) is 4. The standard InChI is InChI=1S/C52H61N4O.Pt/c1-48(2,3)34-19-22-44-43(28-34)42-21-20-41(31-45(42)56(44)47-29-35(23-24-53-47)49(4,5)6)57-40-18-16-17-38(30-40)55-33-54(32-46(55)52(13,14)15)39-26-36(50(7,8)9)25-37(27-39)51(10,11)12;/h16-29,32-33H,1-15H3;/q-3;. The zero-order valence-electron chi connectivity index (χ0n) is 37.3. The van der Waals surface area contributed by atoms with E-state index in [-0.39, 0.29) is 48.1 Å².